The number of carbonyl (C=O) groups excluding carboxylic acids is 2. The predicted octanol–water partition coefficient (Wildman–Crippen LogP) is 4.10. The Balaban J connectivity index is 2.08. The number of nitrogens with zero attached hydrogens (tertiary/aromatic N) is 1. The first-order chi connectivity index (χ1) is 10.9. The van der Waals surface area contributed by atoms with Gasteiger partial charge in [-0.3, -0.25) is 4.79 Å². The van der Waals surface area contributed by atoms with Crippen LogP contribution in [0.2, 0.25) is 0 Å². The number of anilines is 2. The highest BCUT2D eigenvalue weighted by atomic mass is 79.9. The van der Waals surface area contributed by atoms with E-state index in [-0.39, 0.29) is 11.9 Å². The summed E-state index contributed by atoms with van der Waals surface area (Å²) < 4.78 is 0.954. The number of rotatable bonds is 3. The zero-order valence-corrected chi connectivity index (χ0v) is 14.8. The van der Waals surface area contributed by atoms with Crippen LogP contribution in [0.5, 0.6) is 0 Å². The lowest BCUT2D eigenvalue weighted by atomic mass is 10.2. The summed E-state index contributed by atoms with van der Waals surface area (Å²) in [6.07, 6.45) is 0. The van der Waals surface area contributed by atoms with Crippen molar-refractivity contribution in [3.8, 4) is 0 Å². The molecular formula is C17H18BrN3O2. The fourth-order valence-corrected chi connectivity index (χ4v) is 2.52. The van der Waals surface area contributed by atoms with Gasteiger partial charge in [-0.15, -0.1) is 0 Å². The van der Waals surface area contributed by atoms with Crippen LogP contribution in [0, 0.1) is 6.92 Å². The van der Waals surface area contributed by atoms with Gasteiger partial charge in [0.2, 0.25) is 0 Å². The number of hydrogen-bond acceptors (Lipinski definition) is 2. The van der Waals surface area contributed by atoms with Gasteiger partial charge in [-0.25, -0.2) is 4.79 Å². The summed E-state index contributed by atoms with van der Waals surface area (Å²) >= 11 is 3.39. The van der Waals surface area contributed by atoms with Crippen LogP contribution in [-0.4, -0.2) is 30.9 Å². The number of aryl methyl sites for hydroxylation is 1. The number of hydrogen-bond donors (Lipinski definition) is 2. The number of amides is 3. The number of benzene rings is 2. The van der Waals surface area contributed by atoms with E-state index in [1.807, 2.05) is 25.1 Å². The van der Waals surface area contributed by atoms with Crippen LogP contribution in [0.25, 0.3) is 0 Å². The second kappa shape index (κ2) is 7.28. The maximum Gasteiger partial charge on any atom is 0.323 e. The van der Waals surface area contributed by atoms with Gasteiger partial charge < -0.3 is 15.5 Å². The van der Waals surface area contributed by atoms with Crippen molar-refractivity contribution in [3.05, 3.63) is 58.1 Å². The summed E-state index contributed by atoms with van der Waals surface area (Å²) in [6.45, 7) is 1.91. The predicted molar refractivity (Wildman–Crippen MR) is 96.0 cm³/mol. The van der Waals surface area contributed by atoms with Crippen LogP contribution in [-0.2, 0) is 0 Å². The van der Waals surface area contributed by atoms with Gasteiger partial charge in [-0.1, -0.05) is 22.0 Å². The van der Waals surface area contributed by atoms with Crippen molar-refractivity contribution in [3.63, 3.8) is 0 Å². The molecule has 0 aliphatic carbocycles. The average molecular weight is 376 g/mol. The van der Waals surface area contributed by atoms with Crippen LogP contribution >= 0.6 is 15.9 Å². The smallest absolute Gasteiger partial charge is 0.323 e. The minimum atomic E-state index is -0.357. The molecule has 0 atom stereocenters. The lowest BCUT2D eigenvalue weighted by Gasteiger charge is -2.13. The number of halogens is 1. The van der Waals surface area contributed by atoms with Gasteiger partial charge >= 0.3 is 6.03 Å². The second-order valence-corrected chi connectivity index (χ2v) is 6.23. The molecule has 5 nitrogen and oxygen atoms in total. The Morgan fingerprint density at radius 2 is 1.78 bits per heavy atom. The van der Waals surface area contributed by atoms with E-state index in [2.05, 4.69) is 26.6 Å². The SMILES string of the molecule is Cc1cc(Br)ccc1NC(=O)Nc1cccc(C(=O)N(C)C)c1. The molecule has 0 heterocycles. The summed E-state index contributed by atoms with van der Waals surface area (Å²) in [4.78, 5) is 25.5. The minimum absolute atomic E-state index is 0.113. The molecule has 2 N–H and O–H groups in total. The Bertz CT molecular complexity index is 744. The van der Waals surface area contributed by atoms with Crippen LogP contribution in [0.3, 0.4) is 0 Å². The summed E-state index contributed by atoms with van der Waals surface area (Å²) in [7, 11) is 3.37. The molecule has 2 aromatic rings. The molecule has 0 radical (unpaired) electrons. The Hall–Kier alpha value is -2.34. The maximum absolute atomic E-state index is 12.1. The third-order valence-corrected chi connectivity index (χ3v) is 3.70. The molecule has 0 unspecified atom stereocenters. The first-order valence-electron chi connectivity index (χ1n) is 7.02. The van der Waals surface area contributed by atoms with Gasteiger partial charge in [0, 0.05) is 35.5 Å². The first kappa shape index (κ1) is 17.0. The second-order valence-electron chi connectivity index (χ2n) is 5.32. The maximum atomic E-state index is 12.1. The van der Waals surface area contributed by atoms with Crippen molar-refractivity contribution in [2.24, 2.45) is 0 Å². The van der Waals surface area contributed by atoms with E-state index in [1.54, 1.807) is 38.4 Å². The van der Waals surface area contributed by atoms with E-state index in [0.717, 1.165) is 15.7 Å². The fraction of sp³-hybridized carbons (Fsp3) is 0.176. The summed E-state index contributed by atoms with van der Waals surface area (Å²) in [5.74, 6) is -0.113. The topological polar surface area (TPSA) is 61.4 Å². The van der Waals surface area contributed by atoms with Gasteiger partial charge in [0.05, 0.1) is 0 Å². The largest absolute Gasteiger partial charge is 0.345 e. The number of carbonyl (C=O) groups is 2. The van der Waals surface area contributed by atoms with E-state index in [1.165, 1.54) is 4.90 Å². The summed E-state index contributed by atoms with van der Waals surface area (Å²) in [5, 5.41) is 5.53. The van der Waals surface area contributed by atoms with Crippen molar-refractivity contribution >= 4 is 39.2 Å². The van der Waals surface area contributed by atoms with Crippen LogP contribution in [0.4, 0.5) is 16.2 Å². The van der Waals surface area contributed by atoms with Crippen molar-refractivity contribution in [2.75, 3.05) is 24.7 Å². The van der Waals surface area contributed by atoms with Gasteiger partial charge in [-0.2, -0.15) is 0 Å². The van der Waals surface area contributed by atoms with E-state index < -0.39 is 0 Å². The molecule has 0 fully saturated rings. The molecule has 23 heavy (non-hydrogen) atoms. The number of urea groups is 1. The molecule has 0 aliphatic rings. The van der Waals surface area contributed by atoms with Crippen molar-refractivity contribution in [1.82, 2.24) is 4.90 Å². The summed E-state index contributed by atoms with van der Waals surface area (Å²) in [5.41, 5.74) is 2.76. The Labute approximate surface area is 143 Å². The lowest BCUT2D eigenvalue weighted by Crippen LogP contribution is -2.23. The molecule has 3 amide bonds. The Morgan fingerprint density at radius 1 is 1.04 bits per heavy atom. The number of nitrogens with one attached hydrogen (secondary N) is 2. The highest BCUT2D eigenvalue weighted by molar-refractivity contribution is 9.10. The molecule has 6 heteroatoms. The lowest BCUT2D eigenvalue weighted by molar-refractivity contribution is 0.0827. The normalized spacial score (nSPS) is 10.1. The van der Waals surface area contributed by atoms with E-state index in [4.69, 9.17) is 0 Å². The Morgan fingerprint density at radius 3 is 2.43 bits per heavy atom. The Kier molecular flexibility index (Phi) is 5.39. The third kappa shape index (κ3) is 4.56. The van der Waals surface area contributed by atoms with Crippen molar-refractivity contribution in [2.45, 2.75) is 6.92 Å². The molecular weight excluding hydrogens is 358 g/mol. The molecule has 0 spiro atoms. The molecule has 0 aliphatic heterocycles. The van der Waals surface area contributed by atoms with Crippen molar-refractivity contribution in [1.29, 1.82) is 0 Å². The third-order valence-electron chi connectivity index (χ3n) is 3.21. The first-order valence-corrected chi connectivity index (χ1v) is 7.82. The zero-order valence-electron chi connectivity index (χ0n) is 13.2. The quantitative estimate of drug-likeness (QED) is 0.847. The summed E-state index contributed by atoms with van der Waals surface area (Å²) in [6, 6.07) is 12.1. The molecule has 0 bridgehead atoms. The van der Waals surface area contributed by atoms with Crippen molar-refractivity contribution < 1.29 is 9.59 Å². The van der Waals surface area contributed by atoms with Gasteiger partial charge in [0.25, 0.3) is 5.91 Å². The molecule has 0 saturated carbocycles. The van der Waals surface area contributed by atoms with E-state index in [9.17, 15) is 9.59 Å². The molecule has 120 valence electrons. The van der Waals surface area contributed by atoms with Crippen LogP contribution in [0.1, 0.15) is 15.9 Å². The highest BCUT2D eigenvalue weighted by Gasteiger charge is 2.10. The van der Waals surface area contributed by atoms with Gasteiger partial charge in [-0.05, 0) is 48.9 Å². The fourth-order valence-electron chi connectivity index (χ4n) is 2.04. The van der Waals surface area contributed by atoms with Crippen LogP contribution < -0.4 is 10.6 Å². The highest BCUT2D eigenvalue weighted by Crippen LogP contribution is 2.20. The standard InChI is InChI=1S/C17H18BrN3O2/c1-11-9-13(18)7-8-15(11)20-17(23)19-14-6-4-5-12(10-14)16(22)21(2)3/h4-10H,1-3H3,(H2,19,20,23). The van der Waals surface area contributed by atoms with Crippen LogP contribution in [0.15, 0.2) is 46.9 Å². The van der Waals surface area contributed by atoms with E-state index >= 15 is 0 Å². The van der Waals surface area contributed by atoms with Gasteiger partial charge in [0.1, 0.15) is 0 Å². The average Bonchev–Trinajstić information content (AvgIpc) is 2.49. The van der Waals surface area contributed by atoms with E-state index in [0.29, 0.717) is 11.3 Å². The zero-order chi connectivity index (χ0) is 17.0. The molecule has 0 aromatic heterocycles. The monoisotopic (exact) mass is 375 g/mol. The molecule has 2 rings (SSSR count). The molecule has 2 aromatic carbocycles. The molecule has 0 saturated heterocycles. The van der Waals surface area contributed by atoms with Gasteiger partial charge in [0.15, 0.2) is 0 Å². The minimum Gasteiger partial charge on any atom is -0.345 e.